The predicted octanol–water partition coefficient (Wildman–Crippen LogP) is 13.8. The van der Waals surface area contributed by atoms with Crippen LogP contribution in [0.15, 0.2) is 171 Å². The van der Waals surface area contributed by atoms with Gasteiger partial charge in [-0.15, -0.1) is 56.7 Å². The molecule has 3 atom stereocenters. The predicted molar refractivity (Wildman–Crippen MR) is 468 cm³/mol. The minimum absolute atomic E-state index is 0.288. The quantitative estimate of drug-likeness (QED) is 0.0337. The third-order valence-corrected chi connectivity index (χ3v) is 24.4. The van der Waals surface area contributed by atoms with Crippen LogP contribution >= 0.6 is 56.7 Å². The number of nitrogen functional groups attached to an aromatic ring is 5. The van der Waals surface area contributed by atoms with E-state index in [-0.39, 0.29) is 12.2 Å². The van der Waals surface area contributed by atoms with Crippen molar-refractivity contribution >= 4 is 165 Å². The summed E-state index contributed by atoms with van der Waals surface area (Å²) in [7, 11) is 3.86. The van der Waals surface area contributed by atoms with Gasteiger partial charge in [0.2, 0.25) is 0 Å². The van der Waals surface area contributed by atoms with Crippen LogP contribution in [0.25, 0.3) is 104 Å². The summed E-state index contributed by atoms with van der Waals surface area (Å²) in [5.74, 6) is 2.54. The van der Waals surface area contributed by atoms with Crippen molar-refractivity contribution in [1.82, 2.24) is 105 Å². The molecule has 18 aromatic rings. The maximum atomic E-state index is 6.01. The number of H-pyrrole nitrogens is 5. The molecule has 592 valence electrons. The number of anilines is 10. The molecule has 0 amide bonds. The number of nitrogens with two attached hydrogens (primary N) is 5. The molecule has 116 heavy (non-hydrogen) atoms. The molecule has 20 N–H and O–H groups in total. The van der Waals surface area contributed by atoms with E-state index in [9.17, 15) is 0 Å². The number of aromatic nitrogens is 20. The number of hydrogen-bond donors (Lipinski definition) is 15. The Morgan fingerprint density at radius 3 is 1.20 bits per heavy atom. The second-order valence-corrected chi connectivity index (χ2v) is 32.8. The van der Waals surface area contributed by atoms with Crippen LogP contribution < -0.4 is 55.3 Å². The van der Waals surface area contributed by atoms with E-state index in [0.29, 0.717) is 54.8 Å². The normalized spacial score (nSPS) is 14.7. The van der Waals surface area contributed by atoms with Gasteiger partial charge < -0.3 is 69.3 Å². The number of nitrogens with one attached hydrogen (secondary N) is 10. The highest BCUT2D eigenvalue weighted by Crippen LogP contribution is 2.43. The average Bonchev–Trinajstić information content (AvgIpc) is 1.66. The molecule has 0 aromatic carbocycles. The molecule has 2 aliphatic heterocycles. The molecule has 0 aliphatic carbocycles. The number of thiophene rings is 5. The largest absolute Gasteiger partial charge is 0.384 e. The van der Waals surface area contributed by atoms with Crippen molar-refractivity contribution in [3.8, 4) is 52.9 Å². The zero-order chi connectivity index (χ0) is 79.6. The molecule has 2 fully saturated rings. The number of pyridine rings is 6. The molecule has 0 spiro atoms. The monoisotopic (exact) mass is 1650 g/mol. The Balaban J connectivity index is 0.000000109. The first-order valence-electron chi connectivity index (χ1n) is 37.1. The third kappa shape index (κ3) is 18.8. The van der Waals surface area contributed by atoms with Crippen molar-refractivity contribution in [3.05, 3.63) is 188 Å². The van der Waals surface area contributed by atoms with Crippen molar-refractivity contribution in [2.45, 2.75) is 58.2 Å². The Labute approximate surface area is 683 Å². The number of fused-ring (bicyclic) bond motifs is 5. The van der Waals surface area contributed by atoms with Crippen molar-refractivity contribution in [2.75, 3.05) is 94.6 Å². The van der Waals surface area contributed by atoms with E-state index in [1.165, 1.54) is 0 Å². The van der Waals surface area contributed by atoms with E-state index >= 15 is 0 Å². The molecule has 3 unspecified atom stereocenters. The fourth-order valence-corrected chi connectivity index (χ4v) is 18.6. The average molecular weight is 1650 g/mol. The van der Waals surface area contributed by atoms with Crippen LogP contribution in [0.1, 0.15) is 37.4 Å². The highest BCUT2D eigenvalue weighted by Gasteiger charge is 2.24. The van der Waals surface area contributed by atoms with Gasteiger partial charge in [-0.2, -0.15) is 30.6 Å². The number of rotatable bonds is 20. The van der Waals surface area contributed by atoms with Gasteiger partial charge in [0.15, 0.2) is 0 Å². The zero-order valence-corrected chi connectivity index (χ0v) is 67.5. The first-order valence-corrected chi connectivity index (χ1v) is 41.2. The Hall–Kier alpha value is -13.0. The van der Waals surface area contributed by atoms with Gasteiger partial charge in [0.1, 0.15) is 29.1 Å². The number of nitrogens with zero attached hydrogens (tertiary/aromatic N) is 16. The van der Waals surface area contributed by atoms with Crippen LogP contribution in [0.3, 0.4) is 0 Å². The number of hydrogen-bond acceptors (Lipinski definition) is 31. The molecule has 20 heterocycles. The minimum Gasteiger partial charge on any atom is -0.384 e. The summed E-state index contributed by atoms with van der Waals surface area (Å²) in [4.78, 5) is 38.7. The van der Waals surface area contributed by atoms with Crippen LogP contribution in [-0.4, -0.2) is 163 Å². The van der Waals surface area contributed by atoms with Crippen LogP contribution in [0.5, 0.6) is 0 Å². The Bertz CT molecular complexity index is 6050. The molecule has 2 aliphatic rings. The van der Waals surface area contributed by atoms with Crippen molar-refractivity contribution < 1.29 is 9.47 Å². The minimum atomic E-state index is 0.288. The van der Waals surface area contributed by atoms with Crippen LogP contribution in [0, 0.1) is 0 Å². The molecule has 0 saturated carbocycles. The Morgan fingerprint density at radius 1 is 0.448 bits per heavy atom. The summed E-state index contributed by atoms with van der Waals surface area (Å²) in [5.41, 5.74) is 47.0. The van der Waals surface area contributed by atoms with Crippen molar-refractivity contribution in [3.63, 3.8) is 0 Å². The van der Waals surface area contributed by atoms with Gasteiger partial charge in [-0.05, 0) is 99.1 Å². The van der Waals surface area contributed by atoms with Gasteiger partial charge in [0.05, 0.1) is 200 Å². The molecule has 20 rings (SSSR count). The third-order valence-electron chi connectivity index (χ3n) is 18.5. The van der Waals surface area contributed by atoms with Crippen molar-refractivity contribution in [2.24, 2.45) is 14.1 Å². The van der Waals surface area contributed by atoms with Crippen LogP contribution in [-0.2, 0) is 43.2 Å². The van der Waals surface area contributed by atoms with Gasteiger partial charge in [0, 0.05) is 127 Å². The first kappa shape index (κ1) is 77.0. The summed E-state index contributed by atoms with van der Waals surface area (Å²) in [6, 6.07) is 37.5. The van der Waals surface area contributed by atoms with Crippen LogP contribution in [0.4, 0.5) is 57.5 Å². The van der Waals surface area contributed by atoms with Crippen molar-refractivity contribution in [1.29, 1.82) is 0 Å². The SMILES string of the molecule is CC1CN(CCNc2cc(N)nc3cc(-c4ccn[nH]4)sc23)CC(C)O1.Cn1ccc(CNc2cc(N)nc3cc(-c4ccn[nH]4)sc23)n1.Cn1cnc(CNc2cc(N)nc3cc(-c4ccn[nH]4)sc23)c1.Nc1cc(NC2CCOC2)c2sc(-c3ccn[nH]3)cc2n1.Nc1cc(NCc2ccccn2)c2sc(-c3ccn[nH]3)cc2n1. The summed E-state index contributed by atoms with van der Waals surface area (Å²) in [6.07, 6.45) is 17.8. The number of morpholine rings is 1. The number of ether oxygens (including phenoxy) is 2. The fraction of sp³-hybridized carbons (Fsp3) is 0.218. The maximum absolute atomic E-state index is 6.01. The summed E-state index contributed by atoms with van der Waals surface area (Å²) in [6.45, 7) is 11.5. The standard InChI is InChI=1S/C18H24N6OS.C16H14N6S.2C15H15N7S.C14H15N5OS/c1-11-9-24(10-12(2)25-11)6-5-20-14-8-17(19)22-15-7-16(26-18(14)15)13-3-4-21-23-13;17-15-8-12(19-9-10-3-1-2-5-18-10)16-13(21-15)7-14(23-16)11-4-6-20-22-11;1-22-5-3-9(21-22)8-17-11-7-14(16)19-12-6-13(23-15(11)12)10-2-4-18-20-10;1-22-7-9(18-8-22)6-17-11-5-14(16)20-12-4-13(23-15(11)12)10-2-3-19-21-10;15-13-6-11(17-8-2-4-20-7-8)14-10(18-13)5-12(21-14)9-1-3-16-19-9/h3-4,7-8,11-12H,5-6,9-10H2,1-2H3,(H,21,23)(H3,19,20,22);1-8H,9H2,(H,20,22)(H3,17,19,21);2-7H,8H2,1H3,(H,18,20)(H3,16,17,19);2-5,7-8H,6H2,1H3,(H,19,21)(H3,16,17,20);1,3,5-6,8H,2,4,7H2,(H,16,19)(H3,15,17,18). The Kier molecular flexibility index (Phi) is 23.4. The zero-order valence-electron chi connectivity index (χ0n) is 63.4. The lowest BCUT2D eigenvalue weighted by Crippen LogP contribution is -2.46. The van der Waals surface area contributed by atoms with Gasteiger partial charge in [0.25, 0.3) is 0 Å². The van der Waals surface area contributed by atoms with Gasteiger partial charge in [-0.25, -0.2) is 29.9 Å². The molecular formula is C78H83N31O2S5. The lowest BCUT2D eigenvalue weighted by atomic mass is 10.2. The molecule has 33 nitrogen and oxygen atoms in total. The topological polar surface area (TPSA) is 468 Å². The second kappa shape index (κ2) is 35.2. The highest BCUT2D eigenvalue weighted by atomic mass is 32.1. The van der Waals surface area contributed by atoms with E-state index < -0.39 is 0 Å². The maximum Gasteiger partial charge on any atom is 0.126 e. The lowest BCUT2D eigenvalue weighted by molar-refractivity contribution is -0.0667. The van der Waals surface area contributed by atoms with E-state index in [0.717, 1.165) is 195 Å². The molecule has 18 aromatic heterocycles. The molecule has 2 saturated heterocycles. The molecule has 0 bridgehead atoms. The number of imidazole rings is 1. The van der Waals surface area contributed by atoms with E-state index in [1.54, 1.807) is 105 Å². The van der Waals surface area contributed by atoms with Gasteiger partial charge in [-0.1, -0.05) is 6.07 Å². The number of aryl methyl sites for hydroxylation is 2. The fourth-order valence-electron chi connectivity index (χ4n) is 13.3. The highest BCUT2D eigenvalue weighted by molar-refractivity contribution is 7.24. The molecule has 0 radical (unpaired) electrons. The summed E-state index contributed by atoms with van der Waals surface area (Å²) < 4.78 is 20.4. The summed E-state index contributed by atoms with van der Waals surface area (Å²) >= 11 is 8.33. The molecule has 38 heteroatoms. The van der Waals surface area contributed by atoms with E-state index in [4.69, 9.17) is 38.1 Å². The van der Waals surface area contributed by atoms with Crippen LogP contribution in [0.2, 0.25) is 0 Å². The van der Waals surface area contributed by atoms with Gasteiger partial charge >= 0.3 is 0 Å². The second-order valence-electron chi connectivity index (χ2n) is 27.5. The van der Waals surface area contributed by atoms with Gasteiger partial charge in [-0.3, -0.25) is 40.1 Å². The van der Waals surface area contributed by atoms with E-state index in [2.05, 4.69) is 142 Å². The first-order chi connectivity index (χ1) is 56.5. The summed E-state index contributed by atoms with van der Waals surface area (Å²) in [5, 5.41) is 56.6. The number of aromatic amines is 5. The molecular weight excluding hydrogens is 1560 g/mol. The smallest absolute Gasteiger partial charge is 0.126 e. The Morgan fingerprint density at radius 2 is 0.845 bits per heavy atom. The lowest BCUT2D eigenvalue weighted by Gasteiger charge is -2.35. The van der Waals surface area contributed by atoms with E-state index in [1.807, 2.05) is 140 Å².